The van der Waals surface area contributed by atoms with Gasteiger partial charge in [-0.15, -0.1) is 12.4 Å². The van der Waals surface area contributed by atoms with Crippen molar-refractivity contribution in [1.82, 2.24) is 10.3 Å². The van der Waals surface area contributed by atoms with E-state index in [2.05, 4.69) is 10.3 Å². The molecule has 1 aromatic carbocycles. The van der Waals surface area contributed by atoms with Crippen molar-refractivity contribution >= 4 is 24.3 Å². The van der Waals surface area contributed by atoms with Gasteiger partial charge in [-0.05, 0) is 50.2 Å². The number of esters is 1. The average molecular weight is 395 g/mol. The summed E-state index contributed by atoms with van der Waals surface area (Å²) in [4.78, 5) is 27.9. The monoisotopic (exact) mass is 394 g/mol. The number of carbonyl (C=O) groups excluding carboxylic acids is 2. The maximum absolute atomic E-state index is 12.2. The maximum Gasteiger partial charge on any atom is 0.344 e. The Labute approximate surface area is 164 Å². The zero-order valence-corrected chi connectivity index (χ0v) is 16.2. The van der Waals surface area contributed by atoms with E-state index in [4.69, 9.17) is 14.2 Å². The maximum atomic E-state index is 12.2. The van der Waals surface area contributed by atoms with Crippen molar-refractivity contribution in [2.75, 3.05) is 20.3 Å². The van der Waals surface area contributed by atoms with Crippen molar-refractivity contribution in [3.63, 3.8) is 0 Å². The number of hydrogen-bond donors (Lipinski definition) is 1. The highest BCUT2D eigenvalue weighted by molar-refractivity contribution is 5.94. The molecule has 0 aliphatic carbocycles. The molecule has 0 spiro atoms. The number of hydrogen-bond acceptors (Lipinski definition) is 6. The molecule has 7 nitrogen and oxygen atoms in total. The van der Waals surface area contributed by atoms with Gasteiger partial charge >= 0.3 is 5.97 Å². The molecule has 0 aliphatic heterocycles. The topological polar surface area (TPSA) is 86.8 Å². The second kappa shape index (κ2) is 10.4. The second-order valence-corrected chi connectivity index (χ2v) is 6.20. The number of nitrogens with zero attached hydrogens (tertiary/aromatic N) is 1. The number of carbonyl (C=O) groups is 2. The Morgan fingerprint density at radius 1 is 1.04 bits per heavy atom. The van der Waals surface area contributed by atoms with Crippen molar-refractivity contribution in [1.29, 1.82) is 0 Å². The highest BCUT2D eigenvalue weighted by Gasteiger charge is 2.23. The third-order valence-corrected chi connectivity index (χ3v) is 3.40. The first-order valence-electron chi connectivity index (χ1n) is 8.05. The zero-order valence-electron chi connectivity index (χ0n) is 15.4. The fraction of sp³-hybridized carbons (Fsp3) is 0.316. The van der Waals surface area contributed by atoms with E-state index in [9.17, 15) is 9.59 Å². The molecule has 27 heavy (non-hydrogen) atoms. The third kappa shape index (κ3) is 7.53. The van der Waals surface area contributed by atoms with Crippen molar-refractivity contribution in [3.8, 4) is 11.5 Å². The normalized spacial score (nSPS) is 10.3. The first-order chi connectivity index (χ1) is 12.4. The quantitative estimate of drug-likeness (QED) is 0.692. The number of rotatable bonds is 8. The van der Waals surface area contributed by atoms with Crippen LogP contribution in [-0.2, 0) is 9.53 Å². The standard InChI is InChI=1S/C19H22N2O5.ClH/c1-19(2,21-18(23)14-8-10-20-11-9-14)13-26-17(22)12-25-16-6-4-15(24-3)5-7-16;/h4-11H,12-13H2,1-3H3,(H,21,23);1H. The molecule has 0 unspecified atom stereocenters. The number of ether oxygens (including phenoxy) is 3. The molecule has 1 N–H and O–H groups in total. The molecule has 1 heterocycles. The van der Waals surface area contributed by atoms with Gasteiger partial charge in [-0.2, -0.15) is 0 Å². The summed E-state index contributed by atoms with van der Waals surface area (Å²) in [7, 11) is 1.57. The van der Waals surface area contributed by atoms with Crippen LogP contribution >= 0.6 is 12.4 Å². The fourth-order valence-corrected chi connectivity index (χ4v) is 2.04. The minimum absolute atomic E-state index is 0. The molecule has 0 saturated carbocycles. The van der Waals surface area contributed by atoms with Crippen molar-refractivity contribution in [2.45, 2.75) is 19.4 Å². The van der Waals surface area contributed by atoms with Gasteiger partial charge in [0.2, 0.25) is 0 Å². The first-order valence-corrected chi connectivity index (χ1v) is 8.05. The van der Waals surface area contributed by atoms with Crippen LogP contribution in [0.25, 0.3) is 0 Å². The van der Waals surface area contributed by atoms with E-state index in [-0.39, 0.29) is 31.5 Å². The van der Waals surface area contributed by atoms with Gasteiger partial charge in [0.15, 0.2) is 6.61 Å². The Hall–Kier alpha value is -2.80. The van der Waals surface area contributed by atoms with E-state index in [1.807, 2.05) is 0 Å². The zero-order chi connectivity index (χ0) is 19.0. The third-order valence-electron chi connectivity index (χ3n) is 3.40. The molecule has 0 radical (unpaired) electrons. The molecule has 2 rings (SSSR count). The summed E-state index contributed by atoms with van der Waals surface area (Å²) in [5, 5.41) is 2.82. The van der Waals surface area contributed by atoms with Gasteiger partial charge in [-0.1, -0.05) is 0 Å². The van der Waals surface area contributed by atoms with Gasteiger partial charge in [0.1, 0.15) is 18.1 Å². The Bertz CT molecular complexity index is 736. The minimum atomic E-state index is -0.726. The van der Waals surface area contributed by atoms with Crippen LogP contribution in [-0.4, -0.2) is 42.7 Å². The number of halogens is 1. The number of aromatic nitrogens is 1. The van der Waals surface area contributed by atoms with Crippen molar-refractivity contribution in [2.24, 2.45) is 0 Å². The molecule has 0 saturated heterocycles. The summed E-state index contributed by atoms with van der Waals surface area (Å²) in [6.45, 7) is 3.34. The Morgan fingerprint density at radius 2 is 1.63 bits per heavy atom. The van der Waals surface area contributed by atoms with Crippen molar-refractivity contribution in [3.05, 3.63) is 54.4 Å². The summed E-state index contributed by atoms with van der Waals surface area (Å²) in [5.74, 6) is 0.453. The molecule has 146 valence electrons. The van der Waals surface area contributed by atoms with E-state index < -0.39 is 11.5 Å². The van der Waals surface area contributed by atoms with Crippen LogP contribution in [0.4, 0.5) is 0 Å². The van der Waals surface area contributed by atoms with Crippen molar-refractivity contribution < 1.29 is 23.8 Å². The number of amides is 1. The lowest BCUT2D eigenvalue weighted by Gasteiger charge is -2.25. The molecule has 0 aliphatic rings. The predicted octanol–water partition coefficient (Wildman–Crippen LogP) is 2.64. The highest BCUT2D eigenvalue weighted by atomic mass is 35.5. The largest absolute Gasteiger partial charge is 0.497 e. The Kier molecular flexibility index (Phi) is 8.55. The average Bonchev–Trinajstić information content (AvgIpc) is 2.65. The number of benzene rings is 1. The second-order valence-electron chi connectivity index (χ2n) is 6.20. The summed E-state index contributed by atoms with van der Waals surface area (Å²) >= 11 is 0. The lowest BCUT2D eigenvalue weighted by Crippen LogP contribution is -2.47. The molecular formula is C19H23ClN2O5. The smallest absolute Gasteiger partial charge is 0.344 e. The summed E-state index contributed by atoms with van der Waals surface area (Å²) < 4.78 is 15.6. The molecule has 8 heteroatoms. The van der Waals surface area contributed by atoms with E-state index >= 15 is 0 Å². The van der Waals surface area contributed by atoms with Crippen LogP contribution in [0.15, 0.2) is 48.8 Å². The lowest BCUT2D eigenvalue weighted by molar-refractivity contribution is -0.147. The summed E-state index contributed by atoms with van der Waals surface area (Å²) in [6, 6.07) is 10.1. The molecule has 0 fully saturated rings. The Balaban J connectivity index is 0.00000364. The first kappa shape index (κ1) is 22.2. The fourth-order valence-electron chi connectivity index (χ4n) is 2.04. The van der Waals surface area contributed by atoms with E-state index in [1.165, 1.54) is 0 Å². The Morgan fingerprint density at radius 3 is 2.22 bits per heavy atom. The van der Waals surface area contributed by atoms with Crippen LogP contribution < -0.4 is 14.8 Å². The summed E-state index contributed by atoms with van der Waals surface area (Å²) in [5.41, 5.74) is -0.238. The van der Waals surface area contributed by atoms with Crippen LogP contribution in [0.3, 0.4) is 0 Å². The number of nitrogens with one attached hydrogen (secondary N) is 1. The summed E-state index contributed by atoms with van der Waals surface area (Å²) in [6.07, 6.45) is 3.08. The van der Waals surface area contributed by atoms with Crippen LogP contribution in [0.5, 0.6) is 11.5 Å². The number of methoxy groups -OCH3 is 1. The molecular weight excluding hydrogens is 372 g/mol. The molecule has 2 aromatic rings. The van der Waals surface area contributed by atoms with Crippen LogP contribution in [0.2, 0.25) is 0 Å². The molecule has 0 atom stereocenters. The number of pyridine rings is 1. The van der Waals surface area contributed by atoms with Gasteiger partial charge in [-0.3, -0.25) is 9.78 Å². The lowest BCUT2D eigenvalue weighted by atomic mass is 10.1. The van der Waals surface area contributed by atoms with E-state index in [0.29, 0.717) is 17.1 Å². The predicted molar refractivity (Wildman–Crippen MR) is 102 cm³/mol. The van der Waals surface area contributed by atoms with Gasteiger partial charge in [-0.25, -0.2) is 4.79 Å². The molecule has 1 aromatic heterocycles. The van der Waals surface area contributed by atoms with Gasteiger partial charge in [0.05, 0.1) is 12.6 Å². The molecule has 1 amide bonds. The SMILES string of the molecule is COc1ccc(OCC(=O)OCC(C)(C)NC(=O)c2ccncc2)cc1.Cl. The van der Waals surface area contributed by atoms with E-state index in [0.717, 1.165) is 0 Å². The van der Waals surface area contributed by atoms with Gasteiger partial charge < -0.3 is 19.5 Å². The van der Waals surface area contributed by atoms with Crippen LogP contribution in [0.1, 0.15) is 24.2 Å². The minimum Gasteiger partial charge on any atom is -0.497 e. The van der Waals surface area contributed by atoms with Gasteiger partial charge in [0.25, 0.3) is 5.91 Å². The molecule has 0 bridgehead atoms. The highest BCUT2D eigenvalue weighted by Crippen LogP contribution is 2.17. The van der Waals surface area contributed by atoms with Gasteiger partial charge in [0, 0.05) is 18.0 Å². The van der Waals surface area contributed by atoms with Crippen LogP contribution in [0, 0.1) is 0 Å². The van der Waals surface area contributed by atoms with E-state index in [1.54, 1.807) is 69.7 Å².